The van der Waals surface area contributed by atoms with Gasteiger partial charge in [-0.3, -0.25) is 14.9 Å². The van der Waals surface area contributed by atoms with E-state index < -0.39 is 11.0 Å². The molecule has 0 spiro atoms. The lowest BCUT2D eigenvalue weighted by Crippen LogP contribution is -2.44. The molecule has 0 bridgehead atoms. The Bertz CT molecular complexity index is 506. The van der Waals surface area contributed by atoms with E-state index in [1.54, 1.807) is 19.1 Å². The third-order valence-electron chi connectivity index (χ3n) is 2.66. The number of amides is 1. The first kappa shape index (κ1) is 16.6. The number of halogens is 1. The average molecular weight is 344 g/mol. The first-order valence-corrected chi connectivity index (χ1v) is 7.07. The van der Waals surface area contributed by atoms with Gasteiger partial charge in [0.05, 0.1) is 11.0 Å². The number of hydrogen-bond acceptors (Lipinski definition) is 4. The molecule has 0 aliphatic rings. The molecule has 6 nitrogen and oxygen atoms in total. The second kappa shape index (κ2) is 7.35. The highest BCUT2D eigenvalue weighted by Gasteiger charge is 2.17. The molecule has 1 atom stereocenters. The second-order valence-electron chi connectivity index (χ2n) is 4.80. The minimum atomic E-state index is -0.428. The highest BCUT2D eigenvalue weighted by Crippen LogP contribution is 2.22. The molecule has 0 aliphatic heterocycles. The maximum atomic E-state index is 11.7. The van der Waals surface area contributed by atoms with E-state index in [9.17, 15) is 14.9 Å². The number of nitrogens with one attached hydrogen (secondary N) is 2. The van der Waals surface area contributed by atoms with Gasteiger partial charge in [-0.1, -0.05) is 15.9 Å². The molecule has 2 N–H and O–H groups in total. The third-order valence-corrected chi connectivity index (χ3v) is 3.15. The molecule has 0 aliphatic carbocycles. The molecule has 110 valence electrons. The number of carbonyl (C=O) groups is 1. The molecule has 7 heteroatoms. The number of benzene rings is 1. The zero-order chi connectivity index (χ0) is 15.3. The molecule has 0 saturated carbocycles. The van der Waals surface area contributed by atoms with Crippen LogP contribution in [0.15, 0.2) is 22.7 Å². The van der Waals surface area contributed by atoms with E-state index in [0.717, 1.165) is 4.47 Å². The Labute approximate surface area is 126 Å². The summed E-state index contributed by atoms with van der Waals surface area (Å²) in [6, 6.07) is 4.39. The molecule has 0 aromatic heterocycles. The summed E-state index contributed by atoms with van der Waals surface area (Å²) in [7, 11) is 0. The van der Waals surface area contributed by atoms with Gasteiger partial charge in [0.2, 0.25) is 5.91 Å². The topological polar surface area (TPSA) is 84.3 Å². The minimum Gasteiger partial charge on any atom is -0.353 e. The first-order chi connectivity index (χ1) is 9.31. The average Bonchev–Trinajstić information content (AvgIpc) is 2.34. The van der Waals surface area contributed by atoms with E-state index in [0.29, 0.717) is 5.56 Å². The Morgan fingerprint density at radius 2 is 2.05 bits per heavy atom. The van der Waals surface area contributed by atoms with Crippen LogP contribution >= 0.6 is 15.9 Å². The lowest BCUT2D eigenvalue weighted by atomic mass is 10.1. The van der Waals surface area contributed by atoms with Gasteiger partial charge in [-0.05, 0) is 32.9 Å². The molecule has 1 aromatic rings. The zero-order valence-corrected chi connectivity index (χ0v) is 13.2. The van der Waals surface area contributed by atoms with Crippen molar-refractivity contribution in [2.75, 3.05) is 0 Å². The molecule has 0 fully saturated rings. The van der Waals surface area contributed by atoms with Crippen molar-refractivity contribution in [2.24, 2.45) is 0 Å². The van der Waals surface area contributed by atoms with Crippen molar-refractivity contribution >= 4 is 27.5 Å². The maximum absolute atomic E-state index is 11.7. The van der Waals surface area contributed by atoms with Gasteiger partial charge >= 0.3 is 0 Å². The molecular weight excluding hydrogens is 326 g/mol. The SMILES string of the molecule is CC(C)NC(=O)C(C)NCc1cc(Br)ccc1[N+](=O)[O-]. The molecule has 0 radical (unpaired) electrons. The highest BCUT2D eigenvalue weighted by atomic mass is 79.9. The number of nitro groups is 1. The first-order valence-electron chi connectivity index (χ1n) is 6.28. The second-order valence-corrected chi connectivity index (χ2v) is 5.71. The van der Waals surface area contributed by atoms with Gasteiger partial charge < -0.3 is 10.6 Å². The molecule has 1 amide bonds. The molecule has 0 heterocycles. The van der Waals surface area contributed by atoms with Crippen molar-refractivity contribution in [2.45, 2.75) is 39.4 Å². The van der Waals surface area contributed by atoms with Crippen LogP contribution in [0.1, 0.15) is 26.3 Å². The quantitative estimate of drug-likeness (QED) is 0.613. The Morgan fingerprint density at radius 3 is 2.60 bits per heavy atom. The van der Waals surface area contributed by atoms with Crippen molar-refractivity contribution < 1.29 is 9.72 Å². The van der Waals surface area contributed by atoms with Gasteiger partial charge in [-0.15, -0.1) is 0 Å². The van der Waals surface area contributed by atoms with Crippen molar-refractivity contribution in [3.8, 4) is 0 Å². The fourth-order valence-corrected chi connectivity index (χ4v) is 2.05. The summed E-state index contributed by atoms with van der Waals surface area (Å²) in [5.41, 5.74) is 0.575. The summed E-state index contributed by atoms with van der Waals surface area (Å²) in [6.07, 6.45) is 0. The zero-order valence-electron chi connectivity index (χ0n) is 11.6. The number of hydrogen-bond donors (Lipinski definition) is 2. The van der Waals surface area contributed by atoms with Crippen molar-refractivity contribution in [1.29, 1.82) is 0 Å². The lowest BCUT2D eigenvalue weighted by Gasteiger charge is -2.16. The van der Waals surface area contributed by atoms with Crippen molar-refractivity contribution in [3.05, 3.63) is 38.3 Å². The monoisotopic (exact) mass is 343 g/mol. The van der Waals surface area contributed by atoms with Crippen molar-refractivity contribution in [3.63, 3.8) is 0 Å². The van der Waals surface area contributed by atoms with Crippen LogP contribution in [0.5, 0.6) is 0 Å². The van der Waals surface area contributed by atoms with E-state index >= 15 is 0 Å². The standard InChI is InChI=1S/C13H18BrN3O3/c1-8(2)16-13(18)9(3)15-7-10-6-11(14)4-5-12(10)17(19)20/h4-6,8-9,15H,7H2,1-3H3,(H,16,18). The predicted molar refractivity (Wildman–Crippen MR) is 80.4 cm³/mol. The number of nitrogens with zero attached hydrogens (tertiary/aromatic N) is 1. The van der Waals surface area contributed by atoms with Gasteiger partial charge in [-0.25, -0.2) is 0 Å². The third kappa shape index (κ3) is 4.90. The summed E-state index contributed by atoms with van der Waals surface area (Å²) in [5, 5.41) is 16.7. The number of nitro benzene ring substituents is 1. The molecule has 1 unspecified atom stereocenters. The van der Waals surface area contributed by atoms with Gasteiger partial charge in [-0.2, -0.15) is 0 Å². The largest absolute Gasteiger partial charge is 0.353 e. The van der Waals surface area contributed by atoms with Gasteiger partial charge in [0.1, 0.15) is 0 Å². The fourth-order valence-electron chi connectivity index (χ4n) is 1.64. The molecular formula is C13H18BrN3O3. The minimum absolute atomic E-state index is 0.0390. The van der Waals surface area contributed by atoms with Gasteiger partial charge in [0.15, 0.2) is 0 Å². The van der Waals surface area contributed by atoms with Crippen LogP contribution in [0.25, 0.3) is 0 Å². The fraction of sp³-hybridized carbons (Fsp3) is 0.462. The smallest absolute Gasteiger partial charge is 0.273 e. The normalized spacial score (nSPS) is 12.2. The number of rotatable bonds is 6. The summed E-state index contributed by atoms with van der Waals surface area (Å²) < 4.78 is 0.763. The Morgan fingerprint density at radius 1 is 1.40 bits per heavy atom. The summed E-state index contributed by atoms with van der Waals surface area (Å²) >= 11 is 3.28. The molecule has 0 saturated heterocycles. The Kier molecular flexibility index (Phi) is 6.09. The summed E-state index contributed by atoms with van der Waals surface area (Å²) in [5.74, 6) is -0.127. The lowest BCUT2D eigenvalue weighted by molar-refractivity contribution is -0.385. The van der Waals surface area contributed by atoms with Crippen LogP contribution in [-0.4, -0.2) is 22.9 Å². The van der Waals surface area contributed by atoms with Crippen LogP contribution < -0.4 is 10.6 Å². The molecule has 20 heavy (non-hydrogen) atoms. The Balaban J connectivity index is 2.72. The van der Waals surface area contributed by atoms with Gasteiger partial charge in [0.25, 0.3) is 5.69 Å². The van der Waals surface area contributed by atoms with E-state index in [2.05, 4.69) is 26.6 Å². The summed E-state index contributed by atoms with van der Waals surface area (Å²) in [4.78, 5) is 22.3. The van der Waals surface area contributed by atoms with Crippen LogP contribution in [0.3, 0.4) is 0 Å². The van der Waals surface area contributed by atoms with Gasteiger partial charge in [0, 0.05) is 28.7 Å². The predicted octanol–water partition coefficient (Wildman–Crippen LogP) is 2.36. The van der Waals surface area contributed by atoms with Crippen molar-refractivity contribution in [1.82, 2.24) is 10.6 Å². The summed E-state index contributed by atoms with van der Waals surface area (Å²) in [6.45, 7) is 5.73. The van der Waals surface area contributed by atoms with E-state index in [1.807, 2.05) is 13.8 Å². The van der Waals surface area contributed by atoms with Crippen LogP contribution in [-0.2, 0) is 11.3 Å². The highest BCUT2D eigenvalue weighted by molar-refractivity contribution is 9.10. The van der Waals surface area contributed by atoms with E-state index in [4.69, 9.17) is 0 Å². The van der Waals surface area contributed by atoms with E-state index in [1.165, 1.54) is 6.07 Å². The maximum Gasteiger partial charge on any atom is 0.273 e. The molecule has 1 rings (SSSR count). The van der Waals surface area contributed by atoms with Crippen LogP contribution in [0, 0.1) is 10.1 Å². The van der Waals surface area contributed by atoms with E-state index in [-0.39, 0.29) is 24.2 Å². The Hall–Kier alpha value is -1.47. The van der Waals surface area contributed by atoms with Crippen LogP contribution in [0.2, 0.25) is 0 Å². The van der Waals surface area contributed by atoms with Crippen LogP contribution in [0.4, 0.5) is 5.69 Å². The number of carbonyl (C=O) groups excluding carboxylic acids is 1. The molecule has 1 aromatic carbocycles.